The molecule has 0 saturated carbocycles. The van der Waals surface area contributed by atoms with Gasteiger partial charge in [0.2, 0.25) is 0 Å². The maximum Gasteiger partial charge on any atom is 0.0691 e. The van der Waals surface area contributed by atoms with Gasteiger partial charge in [-0.15, -0.1) is 0 Å². The maximum atomic E-state index is 4.15. The average Bonchev–Trinajstić information content (AvgIpc) is 2.35. The van der Waals surface area contributed by atoms with E-state index in [1.54, 1.807) is 0 Å². The Morgan fingerprint density at radius 3 is 2.67 bits per heavy atom. The van der Waals surface area contributed by atoms with Crippen LogP contribution >= 0.6 is 31.9 Å². The Balaban J connectivity index is 2.87. The number of aryl methyl sites for hydroxylation is 1. The molecule has 0 bridgehead atoms. The highest BCUT2D eigenvalue weighted by molar-refractivity contribution is 9.13. The van der Waals surface area contributed by atoms with Crippen LogP contribution in [0.1, 0.15) is 0 Å². The second kappa shape index (κ2) is 2.85. The summed E-state index contributed by atoms with van der Waals surface area (Å²) in [6.07, 6.45) is 1.85. The number of halogens is 2. The summed E-state index contributed by atoms with van der Waals surface area (Å²) in [5, 5.41) is 5.30. The van der Waals surface area contributed by atoms with Crippen LogP contribution in [-0.2, 0) is 7.05 Å². The first-order valence-corrected chi connectivity index (χ1v) is 5.04. The van der Waals surface area contributed by atoms with Crippen molar-refractivity contribution in [3.8, 4) is 0 Å². The summed E-state index contributed by atoms with van der Waals surface area (Å²) in [5.74, 6) is 0. The van der Waals surface area contributed by atoms with Gasteiger partial charge in [-0.25, -0.2) is 0 Å². The monoisotopic (exact) mass is 288 g/mol. The molecule has 1 heterocycles. The molecule has 2 rings (SSSR count). The van der Waals surface area contributed by atoms with Crippen molar-refractivity contribution in [3.05, 3.63) is 27.3 Å². The van der Waals surface area contributed by atoms with Crippen molar-refractivity contribution >= 4 is 42.8 Å². The zero-order valence-corrected chi connectivity index (χ0v) is 9.55. The van der Waals surface area contributed by atoms with Gasteiger partial charge >= 0.3 is 0 Å². The molecule has 0 unspecified atom stereocenters. The van der Waals surface area contributed by atoms with Crippen molar-refractivity contribution in [2.24, 2.45) is 7.05 Å². The predicted molar refractivity (Wildman–Crippen MR) is 56.1 cm³/mol. The van der Waals surface area contributed by atoms with E-state index >= 15 is 0 Å². The highest BCUT2D eigenvalue weighted by Crippen LogP contribution is 2.27. The van der Waals surface area contributed by atoms with Crippen molar-refractivity contribution in [2.45, 2.75) is 0 Å². The van der Waals surface area contributed by atoms with Crippen LogP contribution in [0.2, 0.25) is 0 Å². The zero-order chi connectivity index (χ0) is 8.72. The topological polar surface area (TPSA) is 17.8 Å². The van der Waals surface area contributed by atoms with Crippen molar-refractivity contribution in [2.75, 3.05) is 0 Å². The molecule has 0 radical (unpaired) electrons. The lowest BCUT2D eigenvalue weighted by Crippen LogP contribution is -1.88. The van der Waals surface area contributed by atoms with Crippen LogP contribution in [0.3, 0.4) is 0 Å². The Kier molecular flexibility index (Phi) is 1.96. The van der Waals surface area contributed by atoms with Gasteiger partial charge in [0.25, 0.3) is 0 Å². The lowest BCUT2D eigenvalue weighted by Gasteiger charge is -1.97. The zero-order valence-electron chi connectivity index (χ0n) is 6.38. The molecule has 1 aromatic heterocycles. The molecular formula is C8H6Br2N2. The summed E-state index contributed by atoms with van der Waals surface area (Å²) in [6, 6.07) is 4.10. The normalized spacial score (nSPS) is 10.9. The lowest BCUT2D eigenvalue weighted by molar-refractivity contribution is 0.797. The number of hydrogen-bond donors (Lipinski definition) is 0. The highest BCUT2D eigenvalue weighted by Gasteiger charge is 2.02. The first-order valence-electron chi connectivity index (χ1n) is 3.45. The number of fused-ring (bicyclic) bond motifs is 1. The molecule has 0 fully saturated rings. The molecule has 0 aliphatic heterocycles. The van der Waals surface area contributed by atoms with E-state index in [0.29, 0.717) is 0 Å². The van der Waals surface area contributed by atoms with Gasteiger partial charge < -0.3 is 0 Å². The molecule has 0 aliphatic carbocycles. The number of benzene rings is 1. The third kappa shape index (κ3) is 1.19. The fraction of sp³-hybridized carbons (Fsp3) is 0.125. The predicted octanol–water partition coefficient (Wildman–Crippen LogP) is 3.10. The summed E-state index contributed by atoms with van der Waals surface area (Å²) >= 11 is 6.89. The van der Waals surface area contributed by atoms with Crippen LogP contribution in [0.25, 0.3) is 10.9 Å². The van der Waals surface area contributed by atoms with E-state index in [-0.39, 0.29) is 0 Å². The van der Waals surface area contributed by atoms with Gasteiger partial charge in [0.15, 0.2) is 0 Å². The van der Waals surface area contributed by atoms with Gasteiger partial charge in [-0.05, 0) is 44.0 Å². The van der Waals surface area contributed by atoms with E-state index in [4.69, 9.17) is 0 Å². The minimum atomic E-state index is 1.05. The lowest BCUT2D eigenvalue weighted by atomic mass is 10.3. The Labute approximate surface area is 86.8 Å². The first kappa shape index (κ1) is 8.26. The van der Waals surface area contributed by atoms with Gasteiger partial charge in [0.05, 0.1) is 11.7 Å². The Hall–Kier alpha value is -0.350. The SMILES string of the molecule is Cn1ncc2cc(Br)c(Br)cc21. The maximum absolute atomic E-state index is 4.15. The minimum absolute atomic E-state index is 1.05. The summed E-state index contributed by atoms with van der Waals surface area (Å²) in [4.78, 5) is 0. The molecule has 0 N–H and O–H groups in total. The number of rotatable bonds is 0. The van der Waals surface area contributed by atoms with Crippen LogP contribution < -0.4 is 0 Å². The van der Waals surface area contributed by atoms with Gasteiger partial charge in [-0.1, -0.05) is 0 Å². The standard InChI is InChI=1S/C8H6Br2N2/c1-12-8-3-7(10)6(9)2-5(8)4-11-12/h2-4H,1H3. The molecule has 0 spiro atoms. The Morgan fingerprint density at radius 1 is 1.25 bits per heavy atom. The van der Waals surface area contributed by atoms with Gasteiger partial charge in [-0.3, -0.25) is 4.68 Å². The molecule has 4 heteroatoms. The smallest absolute Gasteiger partial charge is 0.0691 e. The van der Waals surface area contributed by atoms with Crippen LogP contribution in [0.15, 0.2) is 27.3 Å². The molecule has 2 nitrogen and oxygen atoms in total. The third-order valence-corrected chi connectivity index (χ3v) is 3.63. The van der Waals surface area contributed by atoms with Crippen molar-refractivity contribution in [3.63, 3.8) is 0 Å². The fourth-order valence-corrected chi connectivity index (χ4v) is 1.84. The van der Waals surface area contributed by atoms with E-state index in [2.05, 4.69) is 37.0 Å². The van der Waals surface area contributed by atoms with Crippen molar-refractivity contribution in [1.29, 1.82) is 0 Å². The van der Waals surface area contributed by atoms with Gasteiger partial charge in [0, 0.05) is 21.4 Å². The average molecular weight is 290 g/mol. The largest absolute Gasteiger partial charge is 0.268 e. The summed E-state index contributed by atoms with van der Waals surface area (Å²) in [7, 11) is 1.93. The van der Waals surface area contributed by atoms with E-state index < -0.39 is 0 Å². The molecular weight excluding hydrogens is 284 g/mol. The highest BCUT2D eigenvalue weighted by atomic mass is 79.9. The number of nitrogens with zero attached hydrogens (tertiary/aromatic N) is 2. The quantitative estimate of drug-likeness (QED) is 0.729. The third-order valence-electron chi connectivity index (χ3n) is 1.79. The molecule has 0 saturated heterocycles. The van der Waals surface area contributed by atoms with Crippen molar-refractivity contribution < 1.29 is 0 Å². The Morgan fingerprint density at radius 2 is 1.92 bits per heavy atom. The van der Waals surface area contributed by atoms with Crippen LogP contribution in [0, 0.1) is 0 Å². The van der Waals surface area contributed by atoms with Crippen molar-refractivity contribution in [1.82, 2.24) is 9.78 Å². The second-order valence-electron chi connectivity index (χ2n) is 2.59. The number of aromatic nitrogens is 2. The van der Waals surface area contributed by atoms with Crippen LogP contribution in [0.5, 0.6) is 0 Å². The molecule has 1 aromatic carbocycles. The second-order valence-corrected chi connectivity index (χ2v) is 4.30. The molecule has 0 amide bonds. The molecule has 0 atom stereocenters. The van der Waals surface area contributed by atoms with E-state index in [0.717, 1.165) is 19.8 Å². The van der Waals surface area contributed by atoms with Gasteiger partial charge in [0.1, 0.15) is 0 Å². The fourth-order valence-electron chi connectivity index (χ4n) is 1.15. The van der Waals surface area contributed by atoms with Crippen LogP contribution in [0.4, 0.5) is 0 Å². The van der Waals surface area contributed by atoms with E-state index in [1.807, 2.05) is 30.1 Å². The summed E-state index contributed by atoms with van der Waals surface area (Å²) < 4.78 is 3.97. The summed E-state index contributed by atoms with van der Waals surface area (Å²) in [5.41, 5.74) is 1.13. The summed E-state index contributed by atoms with van der Waals surface area (Å²) in [6.45, 7) is 0. The molecule has 62 valence electrons. The first-order chi connectivity index (χ1) is 5.68. The molecule has 12 heavy (non-hydrogen) atoms. The number of hydrogen-bond acceptors (Lipinski definition) is 1. The molecule has 0 aliphatic rings. The van der Waals surface area contributed by atoms with Crippen LogP contribution in [-0.4, -0.2) is 9.78 Å². The Bertz CT molecular complexity index is 434. The minimum Gasteiger partial charge on any atom is -0.268 e. The van der Waals surface area contributed by atoms with E-state index in [9.17, 15) is 0 Å². The van der Waals surface area contributed by atoms with Gasteiger partial charge in [-0.2, -0.15) is 5.10 Å². The molecule has 2 aromatic rings. The van der Waals surface area contributed by atoms with E-state index in [1.165, 1.54) is 0 Å².